The molecule has 0 radical (unpaired) electrons. The average Bonchev–Trinajstić information content (AvgIpc) is 2.71. The Kier molecular flexibility index (Phi) is 7.74. The number of methoxy groups -OCH3 is 1. The molecule has 2 aromatic rings. The van der Waals surface area contributed by atoms with Crippen LogP contribution in [0.3, 0.4) is 0 Å². The van der Waals surface area contributed by atoms with E-state index in [-0.39, 0.29) is 11.9 Å². The summed E-state index contributed by atoms with van der Waals surface area (Å²) in [5.74, 6) is 1.22. The number of hydrogen-bond acceptors (Lipinski definition) is 4. The molecule has 1 N–H and O–H groups in total. The fraction of sp³-hybridized carbons (Fsp3) is 0.318. The Bertz CT molecular complexity index is 759. The molecular weight excluding hydrogens is 340 g/mol. The van der Waals surface area contributed by atoms with Crippen molar-refractivity contribution in [2.45, 2.75) is 19.9 Å². The highest BCUT2D eigenvalue weighted by molar-refractivity contribution is 5.91. The smallest absolute Gasteiger partial charge is 0.244 e. The minimum absolute atomic E-state index is 0.129. The van der Waals surface area contributed by atoms with Gasteiger partial charge in [-0.2, -0.15) is 0 Å². The van der Waals surface area contributed by atoms with Crippen molar-refractivity contribution in [3.8, 4) is 11.5 Å². The van der Waals surface area contributed by atoms with Crippen LogP contribution in [0.1, 0.15) is 19.4 Å². The normalized spacial score (nSPS) is 11.9. The van der Waals surface area contributed by atoms with Gasteiger partial charge in [-0.05, 0) is 49.8 Å². The summed E-state index contributed by atoms with van der Waals surface area (Å²) in [5, 5.41) is 2.94. The summed E-state index contributed by atoms with van der Waals surface area (Å²) in [6, 6.07) is 15.9. The van der Waals surface area contributed by atoms with Crippen LogP contribution in [0.2, 0.25) is 0 Å². The molecule has 0 aromatic heterocycles. The fourth-order valence-corrected chi connectivity index (χ4v) is 2.60. The number of benzene rings is 2. The molecule has 27 heavy (non-hydrogen) atoms. The molecule has 0 saturated heterocycles. The van der Waals surface area contributed by atoms with Gasteiger partial charge in [-0.25, -0.2) is 0 Å². The minimum Gasteiger partial charge on any atom is -0.493 e. The molecule has 1 atom stereocenters. The second-order valence-corrected chi connectivity index (χ2v) is 6.22. The van der Waals surface area contributed by atoms with Crippen LogP contribution in [0.4, 0.5) is 5.69 Å². The summed E-state index contributed by atoms with van der Waals surface area (Å²) in [7, 11) is 3.62. The number of carbonyl (C=O) groups is 1. The van der Waals surface area contributed by atoms with E-state index >= 15 is 0 Å². The number of hydrogen-bond donors (Lipinski definition) is 1. The van der Waals surface area contributed by atoms with Crippen LogP contribution < -0.4 is 19.7 Å². The van der Waals surface area contributed by atoms with Gasteiger partial charge >= 0.3 is 0 Å². The van der Waals surface area contributed by atoms with E-state index in [9.17, 15) is 4.79 Å². The van der Waals surface area contributed by atoms with E-state index < -0.39 is 0 Å². The number of carbonyl (C=O) groups excluding carboxylic acids is 1. The van der Waals surface area contributed by atoms with Crippen molar-refractivity contribution in [1.29, 1.82) is 0 Å². The monoisotopic (exact) mass is 368 g/mol. The first-order valence-corrected chi connectivity index (χ1v) is 9.09. The molecule has 5 heteroatoms. The molecule has 0 heterocycles. The first-order chi connectivity index (χ1) is 13.0. The zero-order chi connectivity index (χ0) is 19.6. The summed E-state index contributed by atoms with van der Waals surface area (Å²) in [4.78, 5) is 14.3. The maximum atomic E-state index is 12.1. The van der Waals surface area contributed by atoms with Gasteiger partial charge in [0.2, 0.25) is 5.91 Å². The third kappa shape index (κ3) is 6.06. The van der Waals surface area contributed by atoms with Crippen LogP contribution in [0.25, 0.3) is 6.08 Å². The first-order valence-electron chi connectivity index (χ1n) is 9.09. The van der Waals surface area contributed by atoms with E-state index in [4.69, 9.17) is 9.47 Å². The predicted molar refractivity (Wildman–Crippen MR) is 111 cm³/mol. The van der Waals surface area contributed by atoms with Gasteiger partial charge in [-0.1, -0.05) is 24.3 Å². The maximum Gasteiger partial charge on any atom is 0.244 e. The second kappa shape index (κ2) is 10.3. The van der Waals surface area contributed by atoms with Gasteiger partial charge in [0.25, 0.3) is 0 Å². The Hall–Kier alpha value is -2.95. The largest absolute Gasteiger partial charge is 0.493 e. The Balaban J connectivity index is 1.89. The van der Waals surface area contributed by atoms with Crippen molar-refractivity contribution in [3.05, 3.63) is 60.2 Å². The van der Waals surface area contributed by atoms with E-state index in [1.807, 2.05) is 50.4 Å². The van der Waals surface area contributed by atoms with Gasteiger partial charge in [0.05, 0.1) is 13.7 Å². The van der Waals surface area contributed by atoms with Crippen molar-refractivity contribution >= 4 is 17.7 Å². The standard InChI is InChI=1S/C22H28N2O3/c1-5-27-20-13-11-18(15-21(20)26-4)12-14-22(25)23-16-17(2)24(3)19-9-7-6-8-10-19/h6-15,17H,5,16H2,1-4H3,(H,23,25)/b14-12+. The van der Waals surface area contributed by atoms with Crippen molar-refractivity contribution in [3.63, 3.8) is 0 Å². The Morgan fingerprint density at radius 1 is 1.19 bits per heavy atom. The molecule has 0 aliphatic rings. The third-order valence-corrected chi connectivity index (χ3v) is 4.31. The lowest BCUT2D eigenvalue weighted by Crippen LogP contribution is -2.39. The van der Waals surface area contributed by atoms with E-state index in [1.165, 1.54) is 6.08 Å². The number of amides is 1. The molecular formula is C22H28N2O3. The van der Waals surface area contributed by atoms with Crippen LogP contribution in [0, 0.1) is 0 Å². The van der Waals surface area contributed by atoms with Gasteiger partial charge in [-0.15, -0.1) is 0 Å². The third-order valence-electron chi connectivity index (χ3n) is 4.31. The van der Waals surface area contributed by atoms with E-state index in [0.717, 1.165) is 11.3 Å². The molecule has 0 bridgehead atoms. The number of anilines is 1. The average molecular weight is 368 g/mol. The highest BCUT2D eigenvalue weighted by Crippen LogP contribution is 2.28. The molecule has 1 unspecified atom stereocenters. The summed E-state index contributed by atoms with van der Waals surface area (Å²) in [5.41, 5.74) is 2.00. The molecule has 144 valence electrons. The zero-order valence-electron chi connectivity index (χ0n) is 16.4. The molecule has 0 saturated carbocycles. The first kappa shape index (κ1) is 20.4. The molecule has 5 nitrogen and oxygen atoms in total. The molecule has 0 fully saturated rings. The number of nitrogens with one attached hydrogen (secondary N) is 1. The lowest BCUT2D eigenvalue weighted by atomic mass is 10.2. The van der Waals surface area contributed by atoms with Crippen LogP contribution in [-0.4, -0.2) is 39.3 Å². The van der Waals surface area contributed by atoms with Crippen LogP contribution in [0.5, 0.6) is 11.5 Å². The number of likely N-dealkylation sites (N-methyl/N-ethyl adjacent to an activating group) is 1. The topological polar surface area (TPSA) is 50.8 Å². The Morgan fingerprint density at radius 3 is 2.59 bits per heavy atom. The Labute approximate surface area is 161 Å². The van der Waals surface area contributed by atoms with Gasteiger partial charge in [0.15, 0.2) is 11.5 Å². The van der Waals surface area contributed by atoms with Crippen LogP contribution >= 0.6 is 0 Å². The van der Waals surface area contributed by atoms with Crippen molar-refractivity contribution in [1.82, 2.24) is 5.32 Å². The molecule has 0 aliphatic carbocycles. The number of para-hydroxylation sites is 1. The summed E-state index contributed by atoms with van der Waals surface area (Å²) >= 11 is 0. The highest BCUT2D eigenvalue weighted by atomic mass is 16.5. The lowest BCUT2D eigenvalue weighted by molar-refractivity contribution is -0.116. The van der Waals surface area contributed by atoms with Crippen LogP contribution in [0.15, 0.2) is 54.6 Å². The summed E-state index contributed by atoms with van der Waals surface area (Å²) in [6.07, 6.45) is 3.30. The van der Waals surface area contributed by atoms with Crippen LogP contribution in [-0.2, 0) is 4.79 Å². The van der Waals surface area contributed by atoms with E-state index in [0.29, 0.717) is 24.7 Å². The molecule has 0 aliphatic heterocycles. The Morgan fingerprint density at radius 2 is 1.93 bits per heavy atom. The molecule has 2 rings (SSSR count). The van der Waals surface area contributed by atoms with Crippen molar-refractivity contribution < 1.29 is 14.3 Å². The number of ether oxygens (including phenoxy) is 2. The molecule has 0 spiro atoms. The van der Waals surface area contributed by atoms with Gasteiger partial charge < -0.3 is 19.7 Å². The van der Waals surface area contributed by atoms with E-state index in [1.54, 1.807) is 13.2 Å². The lowest BCUT2D eigenvalue weighted by Gasteiger charge is -2.27. The number of nitrogens with zero attached hydrogens (tertiary/aromatic N) is 1. The minimum atomic E-state index is -0.129. The summed E-state index contributed by atoms with van der Waals surface area (Å²) in [6.45, 7) is 5.13. The molecule has 1 amide bonds. The van der Waals surface area contributed by atoms with E-state index in [2.05, 4.69) is 29.3 Å². The van der Waals surface area contributed by atoms with Crippen molar-refractivity contribution in [2.24, 2.45) is 0 Å². The zero-order valence-corrected chi connectivity index (χ0v) is 16.4. The molecule has 2 aromatic carbocycles. The van der Waals surface area contributed by atoms with Crippen molar-refractivity contribution in [2.75, 3.05) is 32.2 Å². The highest BCUT2D eigenvalue weighted by Gasteiger charge is 2.10. The SMILES string of the molecule is CCOc1ccc(/C=C/C(=O)NCC(C)N(C)c2ccccc2)cc1OC. The fourth-order valence-electron chi connectivity index (χ4n) is 2.60. The van der Waals surface area contributed by atoms with Gasteiger partial charge in [0, 0.05) is 31.4 Å². The summed E-state index contributed by atoms with van der Waals surface area (Å²) < 4.78 is 10.8. The van der Waals surface area contributed by atoms with Gasteiger partial charge in [-0.3, -0.25) is 4.79 Å². The maximum absolute atomic E-state index is 12.1. The predicted octanol–water partition coefficient (Wildman–Crippen LogP) is 3.75. The quantitative estimate of drug-likeness (QED) is 0.685. The number of rotatable bonds is 9. The van der Waals surface area contributed by atoms with Gasteiger partial charge in [0.1, 0.15) is 0 Å². The second-order valence-electron chi connectivity index (χ2n) is 6.22.